The number of aliphatic hydroxyl groups is 1. The maximum atomic E-state index is 12.2. The van der Waals surface area contributed by atoms with E-state index < -0.39 is 17.4 Å². The Balaban J connectivity index is 1.89. The van der Waals surface area contributed by atoms with Crippen molar-refractivity contribution in [3.05, 3.63) is 54.1 Å². The highest BCUT2D eigenvalue weighted by atomic mass is 16.5. The summed E-state index contributed by atoms with van der Waals surface area (Å²) in [6.45, 7) is 1.58. The van der Waals surface area contributed by atoms with Crippen molar-refractivity contribution in [3.8, 4) is 11.5 Å². The molecule has 2 aromatic rings. The van der Waals surface area contributed by atoms with Crippen molar-refractivity contribution in [2.24, 2.45) is 0 Å². The minimum atomic E-state index is -1.14. The highest BCUT2D eigenvalue weighted by Gasteiger charge is 2.24. The molecule has 2 amide bonds. The van der Waals surface area contributed by atoms with E-state index in [2.05, 4.69) is 10.6 Å². The first kappa shape index (κ1) is 21.2. The molecule has 2 rings (SSSR count). The third kappa shape index (κ3) is 6.28. The lowest BCUT2D eigenvalue weighted by molar-refractivity contribution is -0.136. The predicted molar refractivity (Wildman–Crippen MR) is 107 cm³/mol. The predicted octanol–water partition coefficient (Wildman–Crippen LogP) is 2.14. The van der Waals surface area contributed by atoms with Gasteiger partial charge >= 0.3 is 11.8 Å². The lowest BCUT2D eigenvalue weighted by Gasteiger charge is -2.23. The van der Waals surface area contributed by atoms with Crippen molar-refractivity contribution in [3.63, 3.8) is 0 Å². The van der Waals surface area contributed by atoms with Crippen LogP contribution in [0.1, 0.15) is 18.9 Å². The Morgan fingerprint density at radius 2 is 1.75 bits per heavy atom. The average molecular weight is 386 g/mol. The molecule has 0 fully saturated rings. The number of aryl methyl sites for hydroxylation is 1. The fraction of sp³-hybridized carbons (Fsp3) is 0.333. The number of hydrogen-bond donors (Lipinski definition) is 3. The van der Waals surface area contributed by atoms with E-state index in [0.717, 1.165) is 5.56 Å². The van der Waals surface area contributed by atoms with Crippen molar-refractivity contribution in [2.45, 2.75) is 25.4 Å². The molecule has 7 heteroatoms. The highest BCUT2D eigenvalue weighted by Crippen LogP contribution is 2.28. The first-order valence-corrected chi connectivity index (χ1v) is 8.92. The van der Waals surface area contributed by atoms with Crippen LogP contribution >= 0.6 is 0 Å². The maximum absolute atomic E-state index is 12.2. The number of ether oxygens (including phenoxy) is 2. The number of carbonyl (C=O) groups is 2. The molecule has 0 spiro atoms. The Morgan fingerprint density at radius 3 is 2.39 bits per heavy atom. The number of hydrogen-bond acceptors (Lipinski definition) is 5. The van der Waals surface area contributed by atoms with Gasteiger partial charge in [0.2, 0.25) is 0 Å². The van der Waals surface area contributed by atoms with Crippen LogP contribution in [0.2, 0.25) is 0 Å². The van der Waals surface area contributed by atoms with E-state index in [0.29, 0.717) is 30.0 Å². The normalized spacial score (nSPS) is 12.6. The zero-order chi connectivity index (χ0) is 20.6. The molecule has 1 atom stereocenters. The Bertz CT molecular complexity index is 806. The summed E-state index contributed by atoms with van der Waals surface area (Å²) in [5, 5.41) is 15.4. The minimum Gasteiger partial charge on any atom is -0.497 e. The van der Waals surface area contributed by atoms with Gasteiger partial charge < -0.3 is 25.2 Å². The lowest BCUT2D eigenvalue weighted by Crippen LogP contribution is -2.44. The van der Waals surface area contributed by atoms with Crippen molar-refractivity contribution in [1.29, 1.82) is 0 Å². The van der Waals surface area contributed by atoms with Crippen molar-refractivity contribution >= 4 is 17.5 Å². The van der Waals surface area contributed by atoms with Gasteiger partial charge in [0.15, 0.2) is 0 Å². The summed E-state index contributed by atoms with van der Waals surface area (Å²) < 4.78 is 10.3. The van der Waals surface area contributed by atoms with Crippen molar-refractivity contribution < 1.29 is 24.2 Å². The summed E-state index contributed by atoms with van der Waals surface area (Å²) >= 11 is 0. The van der Waals surface area contributed by atoms with E-state index >= 15 is 0 Å². The number of methoxy groups -OCH3 is 2. The molecule has 7 nitrogen and oxygen atoms in total. The molecule has 0 aliphatic rings. The highest BCUT2D eigenvalue weighted by molar-refractivity contribution is 6.39. The summed E-state index contributed by atoms with van der Waals surface area (Å²) in [5.41, 5.74) is 0.272. The lowest BCUT2D eigenvalue weighted by atomic mass is 9.97. The molecule has 0 aliphatic carbocycles. The van der Waals surface area contributed by atoms with Crippen LogP contribution in [0, 0.1) is 0 Å². The van der Waals surface area contributed by atoms with Crippen LogP contribution in [-0.4, -0.2) is 43.3 Å². The van der Waals surface area contributed by atoms with Crippen LogP contribution in [0.5, 0.6) is 11.5 Å². The molecule has 0 heterocycles. The van der Waals surface area contributed by atoms with Gasteiger partial charge in [0, 0.05) is 12.6 Å². The SMILES string of the molecule is COc1ccc(OC)c(NC(=O)C(=O)NCC(C)(O)CCc2ccccc2)c1. The monoisotopic (exact) mass is 386 g/mol. The van der Waals surface area contributed by atoms with Crippen molar-refractivity contribution in [1.82, 2.24) is 5.32 Å². The second-order valence-electron chi connectivity index (χ2n) is 6.69. The third-order valence-electron chi connectivity index (χ3n) is 4.29. The molecular formula is C21H26N2O5. The second-order valence-corrected chi connectivity index (χ2v) is 6.69. The van der Waals surface area contributed by atoms with E-state index in [1.54, 1.807) is 25.1 Å². The van der Waals surface area contributed by atoms with E-state index in [-0.39, 0.29) is 6.54 Å². The fourth-order valence-corrected chi connectivity index (χ4v) is 2.59. The van der Waals surface area contributed by atoms with E-state index in [1.165, 1.54) is 14.2 Å². The summed E-state index contributed by atoms with van der Waals surface area (Å²) in [6, 6.07) is 14.6. The number of nitrogens with one attached hydrogen (secondary N) is 2. The van der Waals surface area contributed by atoms with Gasteiger partial charge in [-0.1, -0.05) is 30.3 Å². The van der Waals surface area contributed by atoms with Crippen LogP contribution in [0.4, 0.5) is 5.69 Å². The summed E-state index contributed by atoms with van der Waals surface area (Å²) in [5.74, 6) is -0.785. The van der Waals surface area contributed by atoms with Gasteiger partial charge in [-0.3, -0.25) is 9.59 Å². The molecule has 150 valence electrons. The zero-order valence-electron chi connectivity index (χ0n) is 16.3. The first-order chi connectivity index (χ1) is 13.3. The fourth-order valence-electron chi connectivity index (χ4n) is 2.59. The Morgan fingerprint density at radius 1 is 1.04 bits per heavy atom. The zero-order valence-corrected chi connectivity index (χ0v) is 16.3. The molecular weight excluding hydrogens is 360 g/mol. The van der Waals surface area contributed by atoms with Crippen LogP contribution in [-0.2, 0) is 16.0 Å². The van der Waals surface area contributed by atoms with E-state index in [9.17, 15) is 14.7 Å². The van der Waals surface area contributed by atoms with E-state index in [4.69, 9.17) is 9.47 Å². The van der Waals surface area contributed by atoms with Crippen molar-refractivity contribution in [2.75, 3.05) is 26.1 Å². The molecule has 1 unspecified atom stereocenters. The number of amides is 2. The first-order valence-electron chi connectivity index (χ1n) is 8.92. The Labute approximate surface area is 164 Å². The minimum absolute atomic E-state index is 0.0403. The van der Waals surface area contributed by atoms with Gasteiger partial charge in [-0.2, -0.15) is 0 Å². The molecule has 0 aromatic heterocycles. The smallest absolute Gasteiger partial charge is 0.313 e. The molecule has 3 N–H and O–H groups in total. The summed E-state index contributed by atoms with van der Waals surface area (Å²) in [4.78, 5) is 24.3. The largest absolute Gasteiger partial charge is 0.497 e. The number of carbonyl (C=O) groups excluding carboxylic acids is 2. The number of rotatable bonds is 8. The summed E-state index contributed by atoms with van der Waals surface area (Å²) in [6.07, 6.45) is 1.11. The maximum Gasteiger partial charge on any atom is 0.313 e. The van der Waals surface area contributed by atoms with Gasteiger partial charge in [0.05, 0.1) is 25.5 Å². The van der Waals surface area contributed by atoms with E-state index in [1.807, 2.05) is 30.3 Å². The quantitative estimate of drug-likeness (QED) is 0.604. The van der Waals surface area contributed by atoms with Crippen LogP contribution in [0.15, 0.2) is 48.5 Å². The van der Waals surface area contributed by atoms with Crippen LogP contribution < -0.4 is 20.1 Å². The van der Waals surface area contributed by atoms with Gasteiger partial charge in [0.25, 0.3) is 0 Å². The molecule has 0 bridgehead atoms. The molecule has 0 radical (unpaired) electrons. The molecule has 0 saturated carbocycles. The van der Waals surface area contributed by atoms with Crippen LogP contribution in [0.25, 0.3) is 0 Å². The standard InChI is InChI=1S/C21H26N2O5/c1-21(26,12-11-15-7-5-4-6-8-15)14-22-19(24)20(25)23-17-13-16(27-2)9-10-18(17)28-3/h4-10,13,26H,11-12,14H2,1-3H3,(H,22,24)(H,23,25). The molecule has 0 saturated heterocycles. The molecule has 2 aromatic carbocycles. The Kier molecular flexibility index (Phi) is 7.40. The average Bonchev–Trinajstić information content (AvgIpc) is 2.71. The second kappa shape index (κ2) is 9.75. The molecule has 0 aliphatic heterocycles. The summed E-state index contributed by atoms with van der Waals surface area (Å²) in [7, 11) is 2.96. The third-order valence-corrected chi connectivity index (χ3v) is 4.29. The molecule has 28 heavy (non-hydrogen) atoms. The topological polar surface area (TPSA) is 96.9 Å². The number of benzene rings is 2. The van der Waals surface area contributed by atoms with Gasteiger partial charge in [0.1, 0.15) is 11.5 Å². The van der Waals surface area contributed by atoms with Gasteiger partial charge in [-0.25, -0.2) is 0 Å². The van der Waals surface area contributed by atoms with Gasteiger partial charge in [-0.15, -0.1) is 0 Å². The van der Waals surface area contributed by atoms with Crippen LogP contribution in [0.3, 0.4) is 0 Å². The number of anilines is 1. The Hall–Kier alpha value is -3.06. The van der Waals surface area contributed by atoms with Gasteiger partial charge in [-0.05, 0) is 37.5 Å².